The van der Waals surface area contributed by atoms with Gasteiger partial charge in [0.25, 0.3) is 0 Å². The van der Waals surface area contributed by atoms with E-state index < -0.39 is 5.41 Å². The number of hydroxylamine groups is 1. The lowest BCUT2D eigenvalue weighted by Crippen LogP contribution is -2.44. The second-order valence-corrected chi connectivity index (χ2v) is 8.98. The summed E-state index contributed by atoms with van der Waals surface area (Å²) in [5, 5.41) is 1.03. The number of amides is 1. The fourth-order valence-electron chi connectivity index (χ4n) is 4.37. The number of carbonyl (C=O) groups excluding carboxylic acids is 1. The quantitative estimate of drug-likeness (QED) is 0.678. The van der Waals surface area contributed by atoms with E-state index >= 15 is 0 Å². The molecule has 2 unspecified atom stereocenters. The van der Waals surface area contributed by atoms with Gasteiger partial charge in [-0.3, -0.25) is 9.69 Å². The second-order valence-electron chi connectivity index (χ2n) is 8.98. The van der Waals surface area contributed by atoms with Gasteiger partial charge in [-0.25, -0.2) is 15.3 Å². The average Bonchev–Trinajstić information content (AvgIpc) is 3.27. The van der Waals surface area contributed by atoms with Crippen LogP contribution < -0.4 is 10.2 Å². The number of ether oxygens (including phenoxy) is 2. The Balaban J connectivity index is 1.36. The van der Waals surface area contributed by atoms with Crippen LogP contribution in [-0.4, -0.2) is 53.9 Å². The molecule has 0 saturated carbocycles. The summed E-state index contributed by atoms with van der Waals surface area (Å²) in [7, 11) is 1.60. The summed E-state index contributed by atoms with van der Waals surface area (Å²) in [4.78, 5) is 29.6. The molecule has 0 radical (unpaired) electrons. The normalized spacial score (nSPS) is 22.5. The first-order valence-electron chi connectivity index (χ1n) is 11.1. The van der Waals surface area contributed by atoms with E-state index in [0.717, 1.165) is 50.7 Å². The summed E-state index contributed by atoms with van der Waals surface area (Å²) in [6, 6.07) is 5.92. The molecule has 0 aromatic carbocycles. The first-order valence-corrected chi connectivity index (χ1v) is 11.1. The monoisotopic (exact) mass is 428 g/mol. The second kappa shape index (κ2) is 9.46. The maximum atomic E-state index is 12.9. The molecule has 1 N–H and O–H groups in total. The maximum absolute atomic E-state index is 12.9. The standard InChI is InChI=1S/C23H32N4O4/c1-23(2,22(28)26-31-20-6-4-5-13-30-20)17-10-12-27(15-17)14-16-9-11-24-21-18(16)7-8-19(25-21)29-3/h7-9,11,17,20H,4-6,10,12-15H2,1-3H3,(H,26,28). The molecule has 2 fully saturated rings. The molecule has 2 saturated heterocycles. The third kappa shape index (κ3) is 4.97. The van der Waals surface area contributed by atoms with Crippen LogP contribution in [-0.2, 0) is 20.9 Å². The van der Waals surface area contributed by atoms with Gasteiger partial charge in [-0.15, -0.1) is 0 Å². The van der Waals surface area contributed by atoms with Gasteiger partial charge in [0.15, 0.2) is 11.9 Å². The van der Waals surface area contributed by atoms with E-state index in [1.54, 1.807) is 13.3 Å². The Bertz CT molecular complexity index is 914. The van der Waals surface area contributed by atoms with Crippen LogP contribution in [0.1, 0.15) is 45.1 Å². The number of aromatic nitrogens is 2. The zero-order valence-electron chi connectivity index (χ0n) is 18.6. The summed E-state index contributed by atoms with van der Waals surface area (Å²) in [6.45, 7) is 7.29. The minimum absolute atomic E-state index is 0.0841. The van der Waals surface area contributed by atoms with Crippen molar-refractivity contribution in [2.45, 2.75) is 52.4 Å². The van der Waals surface area contributed by atoms with Crippen LogP contribution in [0.25, 0.3) is 11.0 Å². The van der Waals surface area contributed by atoms with Gasteiger partial charge in [0.05, 0.1) is 7.11 Å². The number of likely N-dealkylation sites (tertiary alicyclic amines) is 1. The van der Waals surface area contributed by atoms with Gasteiger partial charge in [0, 0.05) is 49.2 Å². The molecule has 168 valence electrons. The lowest BCUT2D eigenvalue weighted by molar-refractivity contribution is -0.205. The Hall–Kier alpha value is -2.29. The molecule has 0 bridgehead atoms. The van der Waals surface area contributed by atoms with E-state index in [1.165, 1.54) is 5.56 Å². The van der Waals surface area contributed by atoms with Crippen molar-refractivity contribution in [1.29, 1.82) is 0 Å². The zero-order valence-corrected chi connectivity index (χ0v) is 18.6. The number of rotatable bonds is 7. The van der Waals surface area contributed by atoms with Crippen molar-refractivity contribution in [3.63, 3.8) is 0 Å². The van der Waals surface area contributed by atoms with Crippen LogP contribution in [0, 0.1) is 11.3 Å². The van der Waals surface area contributed by atoms with Crippen molar-refractivity contribution in [3.05, 3.63) is 30.0 Å². The molecule has 4 rings (SSSR count). The Labute approximate surface area is 183 Å². The van der Waals surface area contributed by atoms with E-state index in [-0.39, 0.29) is 18.1 Å². The predicted octanol–water partition coefficient (Wildman–Crippen LogP) is 3.06. The van der Waals surface area contributed by atoms with Crippen molar-refractivity contribution in [1.82, 2.24) is 20.3 Å². The molecular formula is C23H32N4O4. The highest BCUT2D eigenvalue weighted by molar-refractivity contribution is 5.81. The summed E-state index contributed by atoms with van der Waals surface area (Å²) < 4.78 is 10.7. The lowest BCUT2D eigenvalue weighted by atomic mass is 9.77. The summed E-state index contributed by atoms with van der Waals surface area (Å²) in [5.41, 5.74) is 4.00. The molecule has 31 heavy (non-hydrogen) atoms. The van der Waals surface area contributed by atoms with Gasteiger partial charge in [0.2, 0.25) is 11.8 Å². The molecule has 2 atom stereocenters. The Morgan fingerprint density at radius 3 is 2.94 bits per heavy atom. The average molecular weight is 429 g/mol. The number of fused-ring (bicyclic) bond motifs is 1. The molecule has 2 aromatic heterocycles. The number of nitrogens with one attached hydrogen (secondary N) is 1. The number of pyridine rings is 2. The molecule has 2 aromatic rings. The molecule has 8 nitrogen and oxygen atoms in total. The van der Waals surface area contributed by atoms with Crippen molar-refractivity contribution in [2.75, 3.05) is 26.8 Å². The molecule has 0 aliphatic carbocycles. The van der Waals surface area contributed by atoms with E-state index in [4.69, 9.17) is 14.3 Å². The number of hydrogen-bond donors (Lipinski definition) is 1. The number of hydrogen-bond acceptors (Lipinski definition) is 7. The summed E-state index contributed by atoms with van der Waals surface area (Å²) in [6.07, 6.45) is 5.36. The number of methoxy groups -OCH3 is 1. The fraction of sp³-hybridized carbons (Fsp3) is 0.609. The minimum atomic E-state index is -0.529. The lowest BCUT2D eigenvalue weighted by Gasteiger charge is -2.31. The van der Waals surface area contributed by atoms with Crippen molar-refractivity contribution >= 4 is 16.9 Å². The largest absolute Gasteiger partial charge is 0.481 e. The number of carbonyl (C=O) groups is 1. The molecule has 4 heterocycles. The first kappa shape index (κ1) is 21.9. The smallest absolute Gasteiger partial charge is 0.249 e. The van der Waals surface area contributed by atoms with E-state index in [9.17, 15) is 4.79 Å². The SMILES string of the molecule is COc1ccc2c(CN3CCC(C(C)(C)C(=O)NOC4CCCCO4)C3)ccnc2n1. The van der Waals surface area contributed by atoms with Gasteiger partial charge in [-0.1, -0.05) is 13.8 Å². The van der Waals surface area contributed by atoms with Crippen molar-refractivity contribution in [2.24, 2.45) is 11.3 Å². The zero-order chi connectivity index (χ0) is 21.8. The Kier molecular flexibility index (Phi) is 6.69. The van der Waals surface area contributed by atoms with Gasteiger partial charge >= 0.3 is 0 Å². The fourth-order valence-corrected chi connectivity index (χ4v) is 4.37. The van der Waals surface area contributed by atoms with E-state index in [1.807, 2.05) is 32.0 Å². The highest BCUT2D eigenvalue weighted by Gasteiger charge is 2.41. The maximum Gasteiger partial charge on any atom is 0.249 e. The molecule has 2 aliphatic heterocycles. The third-order valence-electron chi connectivity index (χ3n) is 6.57. The van der Waals surface area contributed by atoms with Gasteiger partial charge in [0.1, 0.15) is 0 Å². The van der Waals surface area contributed by atoms with Crippen molar-refractivity contribution < 1.29 is 19.1 Å². The van der Waals surface area contributed by atoms with Crippen LogP contribution in [0.15, 0.2) is 24.4 Å². The highest BCUT2D eigenvalue weighted by atomic mass is 16.8. The minimum Gasteiger partial charge on any atom is -0.481 e. The van der Waals surface area contributed by atoms with Gasteiger partial charge in [-0.05, 0) is 49.4 Å². The van der Waals surface area contributed by atoms with Crippen LogP contribution in [0.2, 0.25) is 0 Å². The molecule has 0 spiro atoms. The molecular weight excluding hydrogens is 396 g/mol. The molecule has 8 heteroatoms. The van der Waals surface area contributed by atoms with Crippen LogP contribution in [0.4, 0.5) is 0 Å². The topological polar surface area (TPSA) is 85.8 Å². The highest BCUT2D eigenvalue weighted by Crippen LogP contribution is 2.35. The van der Waals surface area contributed by atoms with E-state index in [0.29, 0.717) is 18.1 Å². The Morgan fingerprint density at radius 1 is 1.29 bits per heavy atom. The van der Waals surface area contributed by atoms with Crippen LogP contribution >= 0.6 is 0 Å². The van der Waals surface area contributed by atoms with E-state index in [2.05, 4.69) is 20.3 Å². The van der Waals surface area contributed by atoms with Crippen molar-refractivity contribution in [3.8, 4) is 5.88 Å². The predicted molar refractivity (Wildman–Crippen MR) is 116 cm³/mol. The number of nitrogens with zero attached hydrogens (tertiary/aromatic N) is 3. The molecule has 1 amide bonds. The van der Waals surface area contributed by atoms with Crippen LogP contribution in [0.5, 0.6) is 5.88 Å². The summed E-state index contributed by atoms with van der Waals surface area (Å²) >= 11 is 0. The van der Waals surface area contributed by atoms with Gasteiger partial charge in [-0.2, -0.15) is 4.98 Å². The van der Waals surface area contributed by atoms with Gasteiger partial charge < -0.3 is 9.47 Å². The molecule has 2 aliphatic rings. The Morgan fingerprint density at radius 2 is 2.16 bits per heavy atom. The summed E-state index contributed by atoms with van der Waals surface area (Å²) in [5.74, 6) is 0.723. The first-order chi connectivity index (χ1) is 15.0. The van der Waals surface area contributed by atoms with Crippen LogP contribution in [0.3, 0.4) is 0 Å². The third-order valence-corrected chi connectivity index (χ3v) is 6.57.